The standard InChI is InChI=1S/C22H25NO/c1-24-20-12-10-18(11-13-20)17-23-16-15-22(14-6-5-9-21(22)23)19-7-3-2-4-8-19/h2-5,7-13,21H,6,14-17H2,1H3/t21-,22-/m0/s1. The third kappa shape index (κ3) is 2.65. The smallest absolute Gasteiger partial charge is 0.118 e. The van der Waals surface area contributed by atoms with Crippen LogP contribution in [-0.2, 0) is 12.0 Å². The predicted molar refractivity (Wildman–Crippen MR) is 98.3 cm³/mol. The maximum Gasteiger partial charge on any atom is 0.118 e. The molecule has 2 atom stereocenters. The van der Waals surface area contributed by atoms with Gasteiger partial charge in [0.25, 0.3) is 0 Å². The van der Waals surface area contributed by atoms with Crippen molar-refractivity contribution < 1.29 is 4.74 Å². The van der Waals surface area contributed by atoms with Gasteiger partial charge in [-0.2, -0.15) is 0 Å². The number of likely N-dealkylation sites (tertiary alicyclic amines) is 1. The van der Waals surface area contributed by atoms with Crippen molar-refractivity contribution >= 4 is 0 Å². The zero-order chi connectivity index (χ0) is 16.4. The fourth-order valence-corrected chi connectivity index (χ4v) is 4.50. The van der Waals surface area contributed by atoms with Gasteiger partial charge in [0.15, 0.2) is 0 Å². The van der Waals surface area contributed by atoms with Crippen molar-refractivity contribution in [2.45, 2.75) is 37.3 Å². The third-order valence-electron chi connectivity index (χ3n) is 5.77. The van der Waals surface area contributed by atoms with E-state index in [1.54, 1.807) is 7.11 Å². The predicted octanol–water partition coefficient (Wildman–Crippen LogP) is 4.56. The van der Waals surface area contributed by atoms with Gasteiger partial charge in [0, 0.05) is 24.5 Å². The largest absolute Gasteiger partial charge is 0.497 e. The minimum absolute atomic E-state index is 0.294. The molecule has 2 aliphatic rings. The molecule has 0 amide bonds. The molecule has 2 aromatic carbocycles. The van der Waals surface area contributed by atoms with Crippen LogP contribution in [0.15, 0.2) is 66.7 Å². The molecule has 2 nitrogen and oxygen atoms in total. The number of methoxy groups -OCH3 is 1. The molecule has 4 rings (SSSR count). The van der Waals surface area contributed by atoms with Gasteiger partial charge in [0.1, 0.15) is 5.75 Å². The van der Waals surface area contributed by atoms with Crippen LogP contribution < -0.4 is 4.74 Å². The third-order valence-corrected chi connectivity index (χ3v) is 5.77. The number of allylic oxidation sites excluding steroid dienone is 1. The number of benzene rings is 2. The van der Waals surface area contributed by atoms with Crippen molar-refractivity contribution in [3.8, 4) is 5.75 Å². The maximum atomic E-state index is 5.27. The Morgan fingerprint density at radius 1 is 1.04 bits per heavy atom. The highest BCUT2D eigenvalue weighted by Crippen LogP contribution is 2.47. The lowest BCUT2D eigenvalue weighted by Gasteiger charge is -2.39. The first-order chi connectivity index (χ1) is 11.8. The Bertz CT molecular complexity index is 707. The Balaban J connectivity index is 1.59. The van der Waals surface area contributed by atoms with Crippen LogP contribution in [-0.4, -0.2) is 24.6 Å². The number of hydrogen-bond acceptors (Lipinski definition) is 2. The van der Waals surface area contributed by atoms with Gasteiger partial charge in [-0.3, -0.25) is 4.90 Å². The summed E-state index contributed by atoms with van der Waals surface area (Å²) >= 11 is 0. The van der Waals surface area contributed by atoms with Crippen molar-refractivity contribution in [1.29, 1.82) is 0 Å². The van der Waals surface area contributed by atoms with Crippen LogP contribution in [0.2, 0.25) is 0 Å². The van der Waals surface area contributed by atoms with E-state index in [9.17, 15) is 0 Å². The molecular formula is C22H25NO. The normalized spacial score (nSPS) is 26.3. The molecule has 2 aromatic rings. The van der Waals surface area contributed by atoms with Crippen LogP contribution in [0.4, 0.5) is 0 Å². The summed E-state index contributed by atoms with van der Waals surface area (Å²) in [7, 11) is 1.72. The molecule has 124 valence electrons. The summed E-state index contributed by atoms with van der Waals surface area (Å²) in [6.45, 7) is 2.17. The number of hydrogen-bond donors (Lipinski definition) is 0. The lowest BCUT2D eigenvalue weighted by Crippen LogP contribution is -2.42. The molecule has 1 aliphatic heterocycles. The highest BCUT2D eigenvalue weighted by atomic mass is 16.5. The van der Waals surface area contributed by atoms with Gasteiger partial charge in [-0.05, 0) is 42.5 Å². The zero-order valence-electron chi connectivity index (χ0n) is 14.3. The van der Waals surface area contributed by atoms with Crippen molar-refractivity contribution in [2.75, 3.05) is 13.7 Å². The molecule has 0 saturated carbocycles. The Kier molecular flexibility index (Phi) is 4.15. The zero-order valence-corrected chi connectivity index (χ0v) is 14.3. The second-order valence-electron chi connectivity index (χ2n) is 7.00. The Labute approximate surface area is 144 Å². The van der Waals surface area contributed by atoms with Gasteiger partial charge >= 0.3 is 0 Å². The van der Waals surface area contributed by atoms with E-state index in [1.165, 1.54) is 30.4 Å². The molecular weight excluding hydrogens is 294 g/mol. The maximum absolute atomic E-state index is 5.27. The second kappa shape index (κ2) is 6.45. The van der Waals surface area contributed by atoms with Crippen molar-refractivity contribution in [3.63, 3.8) is 0 Å². The molecule has 1 aliphatic carbocycles. The molecule has 0 radical (unpaired) electrons. The van der Waals surface area contributed by atoms with Crippen LogP contribution in [0.3, 0.4) is 0 Å². The van der Waals surface area contributed by atoms with Gasteiger partial charge < -0.3 is 4.74 Å². The number of rotatable bonds is 4. The monoisotopic (exact) mass is 319 g/mol. The van der Waals surface area contributed by atoms with E-state index < -0.39 is 0 Å². The van der Waals surface area contributed by atoms with Crippen LogP contribution in [0.5, 0.6) is 5.75 Å². The van der Waals surface area contributed by atoms with E-state index >= 15 is 0 Å². The summed E-state index contributed by atoms with van der Waals surface area (Å²) in [4.78, 5) is 2.64. The average molecular weight is 319 g/mol. The SMILES string of the molecule is COc1ccc(CN2CC[C@]3(c4ccccc4)CCC=C[C@H]23)cc1. The van der Waals surface area contributed by atoms with Gasteiger partial charge in [-0.25, -0.2) is 0 Å². The fraction of sp³-hybridized carbons (Fsp3) is 0.364. The van der Waals surface area contributed by atoms with Crippen molar-refractivity contribution in [2.24, 2.45) is 0 Å². The van der Waals surface area contributed by atoms with E-state index in [0.29, 0.717) is 11.5 Å². The van der Waals surface area contributed by atoms with Crippen LogP contribution in [0, 0.1) is 0 Å². The van der Waals surface area contributed by atoms with E-state index in [4.69, 9.17) is 4.74 Å². The number of nitrogens with zero attached hydrogens (tertiary/aromatic N) is 1. The second-order valence-corrected chi connectivity index (χ2v) is 7.00. The summed E-state index contributed by atoms with van der Waals surface area (Å²) in [6, 6.07) is 20.2. The van der Waals surface area contributed by atoms with Gasteiger partial charge in [-0.15, -0.1) is 0 Å². The molecule has 2 heteroatoms. The minimum atomic E-state index is 0.294. The molecule has 1 saturated heterocycles. The van der Waals surface area contributed by atoms with E-state index in [-0.39, 0.29) is 0 Å². The quantitative estimate of drug-likeness (QED) is 0.766. The van der Waals surface area contributed by atoms with Crippen LogP contribution in [0.25, 0.3) is 0 Å². The summed E-state index contributed by atoms with van der Waals surface area (Å²) in [6.07, 6.45) is 8.53. The number of ether oxygens (including phenoxy) is 1. The summed E-state index contributed by atoms with van der Waals surface area (Å²) in [5, 5.41) is 0. The van der Waals surface area contributed by atoms with Gasteiger partial charge in [0.2, 0.25) is 0 Å². The Hall–Kier alpha value is -2.06. The molecule has 0 aromatic heterocycles. The van der Waals surface area contributed by atoms with Crippen LogP contribution >= 0.6 is 0 Å². The summed E-state index contributed by atoms with van der Waals surface area (Å²) in [5.74, 6) is 0.927. The van der Waals surface area contributed by atoms with Crippen molar-refractivity contribution in [1.82, 2.24) is 4.90 Å². The Morgan fingerprint density at radius 3 is 2.58 bits per heavy atom. The van der Waals surface area contributed by atoms with Crippen LogP contribution in [0.1, 0.15) is 30.4 Å². The fourth-order valence-electron chi connectivity index (χ4n) is 4.50. The first kappa shape index (κ1) is 15.5. The highest BCUT2D eigenvalue weighted by Gasteiger charge is 2.47. The first-order valence-electron chi connectivity index (χ1n) is 8.91. The van der Waals surface area contributed by atoms with Crippen molar-refractivity contribution in [3.05, 3.63) is 77.9 Å². The summed E-state index contributed by atoms with van der Waals surface area (Å²) < 4.78 is 5.27. The minimum Gasteiger partial charge on any atom is -0.497 e. The summed E-state index contributed by atoms with van der Waals surface area (Å²) in [5.41, 5.74) is 3.16. The Morgan fingerprint density at radius 2 is 1.83 bits per heavy atom. The van der Waals surface area contributed by atoms with E-state index in [0.717, 1.165) is 18.8 Å². The molecule has 0 N–H and O–H groups in total. The first-order valence-corrected chi connectivity index (χ1v) is 8.91. The molecule has 0 spiro atoms. The van der Waals surface area contributed by atoms with E-state index in [1.807, 2.05) is 0 Å². The van der Waals surface area contributed by atoms with Gasteiger partial charge in [0.05, 0.1) is 7.11 Å². The van der Waals surface area contributed by atoms with Gasteiger partial charge in [-0.1, -0.05) is 54.6 Å². The molecule has 1 fully saturated rings. The number of fused-ring (bicyclic) bond motifs is 1. The molecule has 0 unspecified atom stereocenters. The molecule has 24 heavy (non-hydrogen) atoms. The highest BCUT2D eigenvalue weighted by molar-refractivity contribution is 5.35. The lowest BCUT2D eigenvalue weighted by atomic mass is 9.68. The molecule has 0 bridgehead atoms. The lowest BCUT2D eigenvalue weighted by molar-refractivity contribution is 0.225. The molecule has 1 heterocycles. The average Bonchev–Trinajstić information content (AvgIpc) is 3.03. The van der Waals surface area contributed by atoms with E-state index in [2.05, 4.69) is 71.6 Å². The topological polar surface area (TPSA) is 12.5 Å².